The Kier molecular flexibility index (Phi) is 11.5. The van der Waals surface area contributed by atoms with Gasteiger partial charge in [-0.05, 0) is 43.3 Å². The van der Waals surface area contributed by atoms with Crippen molar-refractivity contribution >= 4 is 29.7 Å². The van der Waals surface area contributed by atoms with E-state index in [0.29, 0.717) is 48.6 Å². The number of nitrogens with zero attached hydrogens (tertiary/aromatic N) is 6. The summed E-state index contributed by atoms with van der Waals surface area (Å²) in [6.07, 6.45) is 6.29. The molecule has 3 heterocycles. The molecule has 3 amide bonds. The number of urea groups is 1. The summed E-state index contributed by atoms with van der Waals surface area (Å²) >= 11 is 0. The second-order valence-electron chi connectivity index (χ2n) is 13.8. The maximum atomic E-state index is 13.6. The van der Waals surface area contributed by atoms with Crippen LogP contribution in [0.15, 0.2) is 60.8 Å². The van der Waals surface area contributed by atoms with Crippen LogP contribution in [0.2, 0.25) is 0 Å². The van der Waals surface area contributed by atoms with Gasteiger partial charge in [-0.3, -0.25) is 19.3 Å². The molecule has 0 fully saturated rings. The van der Waals surface area contributed by atoms with Crippen molar-refractivity contribution in [2.75, 3.05) is 45.7 Å². The lowest BCUT2D eigenvalue weighted by atomic mass is 9.81. The van der Waals surface area contributed by atoms with Crippen LogP contribution in [0.3, 0.4) is 0 Å². The van der Waals surface area contributed by atoms with E-state index in [9.17, 15) is 14.4 Å². The Bertz CT molecular complexity index is 1900. The van der Waals surface area contributed by atoms with Gasteiger partial charge in [-0.25, -0.2) is 14.8 Å². The largest absolute Gasteiger partial charge is 0.480 e. The van der Waals surface area contributed by atoms with Crippen molar-refractivity contribution < 1.29 is 23.9 Å². The number of ether oxygens (including phenoxy) is 2. The van der Waals surface area contributed by atoms with Gasteiger partial charge in [0.15, 0.2) is 11.9 Å². The Morgan fingerprint density at radius 3 is 2.63 bits per heavy atom. The molecule has 3 aromatic heterocycles. The molecular formula is C37H47N9O5. The monoisotopic (exact) mass is 697 g/mol. The fraction of sp³-hybridized carbons (Fsp3) is 0.432. The van der Waals surface area contributed by atoms with Gasteiger partial charge in [-0.15, -0.1) is 10.2 Å². The average Bonchev–Trinajstić information content (AvgIpc) is 3.54. The van der Waals surface area contributed by atoms with E-state index in [1.165, 1.54) is 0 Å². The van der Waals surface area contributed by atoms with Crippen molar-refractivity contribution in [3.63, 3.8) is 0 Å². The standard InChI is InChI=1S/C37H47N9O5/c1-8-24(2)33-44-43-31-14-13-25(22-46(31)33)51-28-15-16-37(23-47,27-12-10-9-11-26(27)28)42-35(49)41-30-21-29(36(3,4)5)39-32(40-30)34(48)38-17-18-45(6)19-20-50-7/h9-16,21-24,28H,8,17-20H2,1-7H3,(H,38,48)(H2,39,40,41,42,49)/t24-,28+,37+/m0/s1. The predicted octanol–water partition coefficient (Wildman–Crippen LogP) is 4.54. The minimum atomic E-state index is -1.50. The van der Waals surface area contributed by atoms with Crippen molar-refractivity contribution in [3.8, 4) is 5.75 Å². The molecule has 14 nitrogen and oxygen atoms in total. The molecule has 5 rings (SSSR count). The Labute approximate surface area is 298 Å². The van der Waals surface area contributed by atoms with E-state index in [-0.39, 0.29) is 17.6 Å². The molecule has 14 heteroatoms. The maximum absolute atomic E-state index is 13.6. The number of benzene rings is 1. The Morgan fingerprint density at radius 1 is 1.12 bits per heavy atom. The van der Waals surface area contributed by atoms with Crippen molar-refractivity contribution in [3.05, 3.63) is 89.3 Å². The Morgan fingerprint density at radius 2 is 1.90 bits per heavy atom. The highest BCUT2D eigenvalue weighted by molar-refractivity contribution is 5.94. The summed E-state index contributed by atoms with van der Waals surface area (Å²) in [6, 6.07) is 11.9. The summed E-state index contributed by atoms with van der Waals surface area (Å²) in [4.78, 5) is 50.4. The molecule has 270 valence electrons. The molecule has 4 aromatic rings. The van der Waals surface area contributed by atoms with Gasteiger partial charge < -0.3 is 25.0 Å². The normalized spacial score (nSPS) is 17.5. The van der Waals surface area contributed by atoms with Gasteiger partial charge in [0, 0.05) is 49.7 Å². The number of hydrogen-bond donors (Lipinski definition) is 3. The molecule has 0 saturated carbocycles. The summed E-state index contributed by atoms with van der Waals surface area (Å²) in [5, 5.41) is 17.0. The van der Waals surface area contributed by atoms with Gasteiger partial charge in [0.2, 0.25) is 5.82 Å². The van der Waals surface area contributed by atoms with E-state index >= 15 is 0 Å². The van der Waals surface area contributed by atoms with E-state index in [1.807, 2.05) is 67.6 Å². The number of nitrogens with one attached hydrogen (secondary N) is 3. The van der Waals surface area contributed by atoms with Crippen LogP contribution in [0.25, 0.3) is 5.65 Å². The molecule has 0 spiro atoms. The van der Waals surface area contributed by atoms with Crippen LogP contribution in [0.1, 0.15) is 86.3 Å². The van der Waals surface area contributed by atoms with Gasteiger partial charge in [0.1, 0.15) is 29.0 Å². The lowest BCUT2D eigenvalue weighted by Crippen LogP contribution is -2.49. The Balaban J connectivity index is 1.34. The second kappa shape index (κ2) is 15.8. The molecule has 3 N–H and O–H groups in total. The first-order valence-corrected chi connectivity index (χ1v) is 17.1. The zero-order valence-electron chi connectivity index (χ0n) is 30.3. The van der Waals surface area contributed by atoms with Gasteiger partial charge in [0.25, 0.3) is 5.91 Å². The summed E-state index contributed by atoms with van der Waals surface area (Å²) in [5.74, 6) is 1.23. The van der Waals surface area contributed by atoms with Gasteiger partial charge >= 0.3 is 6.03 Å². The van der Waals surface area contributed by atoms with E-state index in [0.717, 1.165) is 24.4 Å². The van der Waals surface area contributed by atoms with Crippen molar-refractivity contribution in [2.24, 2.45) is 0 Å². The number of rotatable bonds is 14. The highest BCUT2D eigenvalue weighted by atomic mass is 16.5. The molecule has 0 saturated heterocycles. The summed E-state index contributed by atoms with van der Waals surface area (Å²) in [7, 11) is 3.58. The third-order valence-corrected chi connectivity index (χ3v) is 8.87. The first-order chi connectivity index (χ1) is 24.4. The third-order valence-electron chi connectivity index (χ3n) is 8.87. The molecule has 0 aliphatic heterocycles. The highest BCUT2D eigenvalue weighted by Gasteiger charge is 2.38. The molecule has 3 atom stereocenters. The highest BCUT2D eigenvalue weighted by Crippen LogP contribution is 2.37. The number of methoxy groups -OCH3 is 1. The molecule has 1 aromatic carbocycles. The minimum absolute atomic E-state index is 0.0776. The van der Waals surface area contributed by atoms with Crippen LogP contribution < -0.4 is 20.7 Å². The summed E-state index contributed by atoms with van der Waals surface area (Å²) in [6.45, 7) is 12.3. The fourth-order valence-electron chi connectivity index (χ4n) is 5.65. The molecular weight excluding hydrogens is 650 g/mol. The van der Waals surface area contributed by atoms with Crippen LogP contribution in [0.5, 0.6) is 5.75 Å². The molecule has 51 heavy (non-hydrogen) atoms. The first kappa shape index (κ1) is 37.1. The quantitative estimate of drug-likeness (QED) is 0.126. The molecule has 0 radical (unpaired) electrons. The number of anilines is 1. The number of aromatic nitrogens is 5. The SMILES string of the molecule is CC[C@H](C)c1nnc2ccc(O[C@@H]3C=C[C@](C=O)(NC(=O)Nc4cc(C(C)(C)C)nc(C(=O)NCCN(C)CCOC)n4)c4ccccc43)cn12. The molecule has 0 bridgehead atoms. The zero-order valence-corrected chi connectivity index (χ0v) is 30.3. The third kappa shape index (κ3) is 8.58. The Hall–Kier alpha value is -5.21. The van der Waals surface area contributed by atoms with E-state index in [4.69, 9.17) is 9.47 Å². The van der Waals surface area contributed by atoms with Crippen molar-refractivity contribution in [2.45, 2.75) is 64.0 Å². The molecule has 0 unspecified atom stereocenters. The van der Waals surface area contributed by atoms with E-state index < -0.39 is 29.0 Å². The number of pyridine rings is 1. The number of hydrogen-bond acceptors (Lipinski definition) is 10. The van der Waals surface area contributed by atoms with Gasteiger partial charge in [-0.2, -0.15) is 0 Å². The number of carbonyl (C=O) groups excluding carboxylic acids is 3. The van der Waals surface area contributed by atoms with Crippen molar-refractivity contribution in [1.82, 2.24) is 40.1 Å². The minimum Gasteiger partial charge on any atom is -0.480 e. The molecule has 1 aliphatic rings. The van der Waals surface area contributed by atoms with E-state index in [2.05, 4.69) is 50.0 Å². The number of amides is 3. The fourth-order valence-corrected chi connectivity index (χ4v) is 5.65. The van der Waals surface area contributed by atoms with Crippen LogP contribution >= 0.6 is 0 Å². The molecule has 1 aliphatic carbocycles. The number of carbonyl (C=O) groups is 3. The smallest absolute Gasteiger partial charge is 0.321 e. The van der Waals surface area contributed by atoms with Gasteiger partial charge in [-0.1, -0.05) is 58.9 Å². The lowest BCUT2D eigenvalue weighted by Gasteiger charge is -2.34. The summed E-state index contributed by atoms with van der Waals surface area (Å²) < 4.78 is 13.5. The number of fused-ring (bicyclic) bond motifs is 2. The second-order valence-corrected chi connectivity index (χ2v) is 13.8. The number of aldehydes is 1. The topological polar surface area (TPSA) is 165 Å². The average molecular weight is 698 g/mol. The van der Waals surface area contributed by atoms with Crippen molar-refractivity contribution in [1.29, 1.82) is 0 Å². The van der Waals surface area contributed by atoms with Crippen LogP contribution in [-0.2, 0) is 20.5 Å². The predicted molar refractivity (Wildman–Crippen MR) is 193 cm³/mol. The zero-order chi connectivity index (χ0) is 36.8. The maximum Gasteiger partial charge on any atom is 0.321 e. The van der Waals surface area contributed by atoms with E-state index in [1.54, 1.807) is 37.5 Å². The number of likely N-dealkylation sites (N-methyl/N-ethyl adjacent to an activating group) is 1. The summed E-state index contributed by atoms with van der Waals surface area (Å²) in [5.41, 5.74) is 0.593. The van der Waals surface area contributed by atoms with Crippen LogP contribution in [-0.4, -0.2) is 88.1 Å². The lowest BCUT2D eigenvalue weighted by molar-refractivity contribution is -0.111. The van der Waals surface area contributed by atoms with Crippen LogP contribution in [0, 0.1) is 0 Å². The van der Waals surface area contributed by atoms with Crippen LogP contribution in [0.4, 0.5) is 10.6 Å². The van der Waals surface area contributed by atoms with Gasteiger partial charge in [0.05, 0.1) is 18.5 Å². The first-order valence-electron chi connectivity index (χ1n) is 17.1.